The van der Waals surface area contributed by atoms with Crippen molar-refractivity contribution < 1.29 is 13.2 Å². The number of nitrogens with zero attached hydrogens (tertiary/aromatic N) is 1. The monoisotopic (exact) mass is 319 g/mol. The molecule has 2 aromatic rings. The molecule has 6 nitrogen and oxygen atoms in total. The van der Waals surface area contributed by atoms with E-state index in [4.69, 9.17) is 5.14 Å². The molecular weight excluding hydrogens is 302 g/mol. The average molecular weight is 319 g/mol. The lowest BCUT2D eigenvalue weighted by Gasteiger charge is -2.06. The smallest absolute Gasteiger partial charge is 0.238 e. The van der Waals surface area contributed by atoms with Gasteiger partial charge in [0, 0.05) is 25.4 Å². The van der Waals surface area contributed by atoms with Gasteiger partial charge in [-0.3, -0.25) is 9.78 Å². The van der Waals surface area contributed by atoms with Crippen LogP contribution in [0, 0.1) is 0 Å². The molecule has 22 heavy (non-hydrogen) atoms. The third-order valence-electron chi connectivity index (χ3n) is 3.11. The van der Waals surface area contributed by atoms with Crippen molar-refractivity contribution in [3.8, 4) is 0 Å². The number of hydrogen-bond acceptors (Lipinski definition) is 4. The van der Waals surface area contributed by atoms with E-state index in [1.165, 1.54) is 12.1 Å². The van der Waals surface area contributed by atoms with E-state index in [-0.39, 0.29) is 10.8 Å². The van der Waals surface area contributed by atoms with Gasteiger partial charge >= 0.3 is 0 Å². The Morgan fingerprint density at radius 3 is 2.45 bits per heavy atom. The number of carbonyl (C=O) groups is 1. The number of aromatic nitrogens is 1. The Balaban J connectivity index is 1.81. The average Bonchev–Trinajstić information content (AvgIpc) is 2.51. The molecule has 0 aliphatic rings. The maximum Gasteiger partial charge on any atom is 0.238 e. The summed E-state index contributed by atoms with van der Waals surface area (Å²) in [6.07, 6.45) is 4.24. The number of pyridine rings is 1. The summed E-state index contributed by atoms with van der Waals surface area (Å²) in [7, 11) is -3.68. The third kappa shape index (κ3) is 4.94. The highest BCUT2D eigenvalue weighted by atomic mass is 32.2. The van der Waals surface area contributed by atoms with Gasteiger partial charge in [-0.15, -0.1) is 0 Å². The van der Waals surface area contributed by atoms with Gasteiger partial charge in [0.2, 0.25) is 15.9 Å². The van der Waals surface area contributed by atoms with Crippen molar-refractivity contribution in [2.45, 2.75) is 24.3 Å². The maximum atomic E-state index is 11.8. The van der Waals surface area contributed by atoms with Gasteiger partial charge in [0.25, 0.3) is 0 Å². The second kappa shape index (κ2) is 7.15. The van der Waals surface area contributed by atoms with Crippen molar-refractivity contribution in [3.05, 3.63) is 59.9 Å². The number of nitrogens with two attached hydrogens (primary N) is 1. The fourth-order valence-electron chi connectivity index (χ4n) is 1.90. The second-order valence-electron chi connectivity index (χ2n) is 4.83. The molecule has 0 bridgehead atoms. The predicted molar refractivity (Wildman–Crippen MR) is 82.2 cm³/mol. The van der Waals surface area contributed by atoms with Crippen molar-refractivity contribution in [1.29, 1.82) is 0 Å². The predicted octanol–water partition coefficient (Wildman–Crippen LogP) is 0.978. The molecule has 7 heteroatoms. The number of benzene rings is 1. The van der Waals surface area contributed by atoms with E-state index in [1.807, 2.05) is 12.1 Å². The lowest BCUT2D eigenvalue weighted by molar-refractivity contribution is -0.121. The quantitative estimate of drug-likeness (QED) is 0.828. The van der Waals surface area contributed by atoms with Gasteiger partial charge in [0.05, 0.1) is 4.90 Å². The van der Waals surface area contributed by atoms with Crippen LogP contribution in [0.2, 0.25) is 0 Å². The summed E-state index contributed by atoms with van der Waals surface area (Å²) in [6.45, 7) is 0.441. The van der Waals surface area contributed by atoms with Crippen LogP contribution in [-0.2, 0) is 27.8 Å². The first-order valence-electron chi connectivity index (χ1n) is 6.72. The van der Waals surface area contributed by atoms with Gasteiger partial charge in [-0.25, -0.2) is 13.6 Å². The molecule has 116 valence electrons. The number of aryl methyl sites for hydroxylation is 1. The summed E-state index contributed by atoms with van der Waals surface area (Å²) in [6, 6.07) is 9.91. The fourth-order valence-corrected chi connectivity index (χ4v) is 2.41. The molecule has 1 amide bonds. The third-order valence-corrected chi connectivity index (χ3v) is 4.03. The minimum absolute atomic E-state index is 0.0669. The number of sulfonamides is 1. The largest absolute Gasteiger partial charge is 0.352 e. The zero-order valence-electron chi connectivity index (χ0n) is 11.9. The number of rotatable bonds is 6. The molecule has 0 radical (unpaired) electrons. The standard InChI is InChI=1S/C15H17N3O3S/c16-22(20,21)14-6-3-12(4-7-14)5-8-15(19)18-11-13-2-1-9-17-10-13/h1-4,6-7,9-10H,5,8,11H2,(H,18,19)(H2,16,20,21). The second-order valence-corrected chi connectivity index (χ2v) is 6.39. The Bertz CT molecular complexity index is 728. The minimum atomic E-state index is -3.68. The Hall–Kier alpha value is -2.25. The highest BCUT2D eigenvalue weighted by Crippen LogP contribution is 2.10. The molecule has 0 saturated heterocycles. The van der Waals surface area contributed by atoms with Crippen LogP contribution in [0.5, 0.6) is 0 Å². The van der Waals surface area contributed by atoms with Crippen molar-refractivity contribution in [3.63, 3.8) is 0 Å². The topological polar surface area (TPSA) is 102 Å². The normalized spacial score (nSPS) is 11.1. The highest BCUT2D eigenvalue weighted by Gasteiger charge is 2.07. The van der Waals surface area contributed by atoms with Crippen LogP contribution in [0.15, 0.2) is 53.7 Å². The van der Waals surface area contributed by atoms with Crippen LogP contribution in [0.1, 0.15) is 17.5 Å². The van der Waals surface area contributed by atoms with E-state index in [9.17, 15) is 13.2 Å². The zero-order chi connectivity index (χ0) is 16.0. The molecule has 0 aliphatic carbocycles. The SMILES string of the molecule is NS(=O)(=O)c1ccc(CCC(=O)NCc2cccnc2)cc1. The lowest BCUT2D eigenvalue weighted by atomic mass is 10.1. The van der Waals surface area contributed by atoms with Gasteiger partial charge in [-0.05, 0) is 35.7 Å². The van der Waals surface area contributed by atoms with Crippen LogP contribution < -0.4 is 10.5 Å². The van der Waals surface area contributed by atoms with Crippen molar-refractivity contribution in [2.75, 3.05) is 0 Å². The fraction of sp³-hybridized carbons (Fsp3) is 0.200. The molecule has 2 rings (SSSR count). The lowest BCUT2D eigenvalue weighted by Crippen LogP contribution is -2.23. The molecular formula is C15H17N3O3S. The number of carbonyl (C=O) groups excluding carboxylic acids is 1. The molecule has 0 fully saturated rings. The molecule has 0 atom stereocenters. The first-order valence-corrected chi connectivity index (χ1v) is 8.27. The van der Waals surface area contributed by atoms with E-state index >= 15 is 0 Å². The summed E-state index contributed by atoms with van der Waals surface area (Å²) in [5.41, 5.74) is 1.82. The highest BCUT2D eigenvalue weighted by molar-refractivity contribution is 7.89. The summed E-state index contributed by atoms with van der Waals surface area (Å²) >= 11 is 0. The van der Waals surface area contributed by atoms with Crippen LogP contribution in [0.3, 0.4) is 0 Å². The first-order chi connectivity index (χ1) is 10.4. The molecule has 0 saturated carbocycles. The Labute approximate surface area is 129 Å². The number of amides is 1. The van der Waals surface area contributed by atoms with E-state index < -0.39 is 10.0 Å². The number of nitrogens with one attached hydrogen (secondary N) is 1. The van der Waals surface area contributed by atoms with E-state index in [2.05, 4.69) is 10.3 Å². The number of primary sulfonamides is 1. The summed E-state index contributed by atoms with van der Waals surface area (Å²) in [5.74, 6) is -0.0700. The Morgan fingerprint density at radius 1 is 1.14 bits per heavy atom. The first kappa shape index (κ1) is 16.1. The van der Waals surface area contributed by atoms with Gasteiger partial charge in [0.15, 0.2) is 0 Å². The summed E-state index contributed by atoms with van der Waals surface area (Å²) < 4.78 is 22.3. The van der Waals surface area contributed by atoms with Gasteiger partial charge in [0.1, 0.15) is 0 Å². The van der Waals surface area contributed by atoms with Crippen LogP contribution in [-0.4, -0.2) is 19.3 Å². The molecule has 1 aromatic carbocycles. The van der Waals surface area contributed by atoms with Crippen molar-refractivity contribution >= 4 is 15.9 Å². The van der Waals surface area contributed by atoms with E-state index in [0.29, 0.717) is 19.4 Å². The molecule has 0 spiro atoms. The minimum Gasteiger partial charge on any atom is -0.352 e. The molecule has 0 unspecified atom stereocenters. The van der Waals surface area contributed by atoms with Gasteiger partial charge < -0.3 is 5.32 Å². The number of hydrogen-bond donors (Lipinski definition) is 2. The van der Waals surface area contributed by atoms with Crippen LogP contribution >= 0.6 is 0 Å². The Morgan fingerprint density at radius 2 is 1.86 bits per heavy atom. The summed E-state index contributed by atoms with van der Waals surface area (Å²) in [4.78, 5) is 15.8. The molecule has 0 aliphatic heterocycles. The Kier molecular flexibility index (Phi) is 5.24. The van der Waals surface area contributed by atoms with Gasteiger partial charge in [-0.1, -0.05) is 18.2 Å². The molecule has 1 aromatic heterocycles. The zero-order valence-corrected chi connectivity index (χ0v) is 12.7. The maximum absolute atomic E-state index is 11.8. The molecule has 1 heterocycles. The van der Waals surface area contributed by atoms with Crippen LogP contribution in [0.4, 0.5) is 0 Å². The van der Waals surface area contributed by atoms with Crippen molar-refractivity contribution in [1.82, 2.24) is 10.3 Å². The van der Waals surface area contributed by atoms with E-state index in [1.54, 1.807) is 24.5 Å². The summed E-state index contributed by atoms with van der Waals surface area (Å²) in [5, 5.41) is 7.84. The molecule has 3 N–H and O–H groups in total. The van der Waals surface area contributed by atoms with Crippen molar-refractivity contribution in [2.24, 2.45) is 5.14 Å². The van der Waals surface area contributed by atoms with Gasteiger partial charge in [-0.2, -0.15) is 0 Å². The van der Waals surface area contributed by atoms with E-state index in [0.717, 1.165) is 11.1 Å². The van der Waals surface area contributed by atoms with Crippen LogP contribution in [0.25, 0.3) is 0 Å².